The first kappa shape index (κ1) is 12.9. The van der Waals surface area contributed by atoms with Crippen molar-refractivity contribution in [3.63, 3.8) is 0 Å². The maximum absolute atomic E-state index is 11.2. The molecule has 13 heavy (non-hydrogen) atoms. The zero-order valence-electron chi connectivity index (χ0n) is 8.89. The van der Waals surface area contributed by atoms with Crippen LogP contribution in [0.3, 0.4) is 0 Å². The molecule has 3 heteroatoms. The fourth-order valence-corrected chi connectivity index (χ4v) is 1.27. The third-order valence-electron chi connectivity index (χ3n) is 1.69. The van der Waals surface area contributed by atoms with E-state index in [4.69, 9.17) is 4.74 Å². The lowest BCUT2D eigenvalue weighted by molar-refractivity contribution is -0.142. The molecule has 0 bridgehead atoms. The quantitative estimate of drug-likeness (QED) is 0.566. The van der Waals surface area contributed by atoms with Crippen LogP contribution in [0.5, 0.6) is 0 Å². The highest BCUT2D eigenvalue weighted by atomic mass is 79.9. The summed E-state index contributed by atoms with van der Waals surface area (Å²) in [6.07, 6.45) is 1.85. The largest absolute Gasteiger partial charge is 0.465 e. The Labute approximate surface area is 89.2 Å². The highest BCUT2D eigenvalue weighted by molar-refractivity contribution is 9.10. The van der Waals surface area contributed by atoms with E-state index in [9.17, 15) is 4.79 Å². The zero-order chi connectivity index (χ0) is 10.5. The van der Waals surface area contributed by atoms with Gasteiger partial charge in [0.25, 0.3) is 0 Å². The van der Waals surface area contributed by atoms with Gasteiger partial charge < -0.3 is 4.74 Å². The molecule has 0 saturated carbocycles. The Morgan fingerprint density at radius 2 is 2.00 bits per heavy atom. The first-order valence-corrected chi connectivity index (χ1v) is 5.59. The molecule has 0 aliphatic rings. The lowest BCUT2D eigenvalue weighted by atomic mass is 9.90. The fraction of sp³-hybridized carbons (Fsp3) is 0.900. The first-order valence-electron chi connectivity index (χ1n) is 4.67. The van der Waals surface area contributed by atoms with Gasteiger partial charge in [0.15, 0.2) is 0 Å². The van der Waals surface area contributed by atoms with Crippen LogP contribution in [-0.2, 0) is 9.53 Å². The first-order chi connectivity index (χ1) is 5.87. The van der Waals surface area contributed by atoms with Crippen molar-refractivity contribution in [3.05, 3.63) is 0 Å². The van der Waals surface area contributed by atoms with E-state index in [1.807, 2.05) is 6.92 Å². The van der Waals surface area contributed by atoms with E-state index in [-0.39, 0.29) is 16.2 Å². The van der Waals surface area contributed by atoms with E-state index in [1.54, 1.807) is 0 Å². The predicted octanol–water partition coefficient (Wildman–Crippen LogP) is 3.14. The number of carbonyl (C=O) groups excluding carboxylic acids is 1. The van der Waals surface area contributed by atoms with Crippen LogP contribution in [0.25, 0.3) is 0 Å². The maximum Gasteiger partial charge on any atom is 0.319 e. The molecule has 2 nitrogen and oxygen atoms in total. The number of alkyl halides is 1. The normalized spacial score (nSPS) is 13.9. The summed E-state index contributed by atoms with van der Waals surface area (Å²) < 4.78 is 4.88. The molecule has 0 rings (SSSR count). The molecular weight excluding hydrogens is 232 g/mol. The number of hydrogen-bond donors (Lipinski definition) is 0. The SMILES string of the molecule is CCOC(=O)C(Br)CCC(C)(C)C. The second kappa shape index (κ2) is 5.63. The van der Waals surface area contributed by atoms with Gasteiger partial charge in [0.2, 0.25) is 0 Å². The van der Waals surface area contributed by atoms with Crippen LogP contribution >= 0.6 is 15.9 Å². The molecule has 1 atom stereocenters. The van der Waals surface area contributed by atoms with Crippen LogP contribution < -0.4 is 0 Å². The third-order valence-corrected chi connectivity index (χ3v) is 2.52. The molecule has 0 aromatic rings. The molecule has 0 spiro atoms. The van der Waals surface area contributed by atoms with Gasteiger partial charge in [0.05, 0.1) is 6.61 Å². The Morgan fingerprint density at radius 1 is 1.46 bits per heavy atom. The molecule has 0 radical (unpaired) electrons. The summed E-state index contributed by atoms with van der Waals surface area (Å²) in [5.41, 5.74) is 0.276. The van der Waals surface area contributed by atoms with Gasteiger partial charge in [0, 0.05) is 0 Å². The minimum atomic E-state index is -0.147. The second-order valence-electron chi connectivity index (χ2n) is 4.32. The summed E-state index contributed by atoms with van der Waals surface area (Å²) in [4.78, 5) is 11.0. The van der Waals surface area contributed by atoms with Crippen molar-refractivity contribution < 1.29 is 9.53 Å². The third kappa shape index (κ3) is 7.05. The van der Waals surface area contributed by atoms with Crippen LogP contribution in [0.4, 0.5) is 0 Å². The number of halogens is 1. The van der Waals surface area contributed by atoms with Crippen LogP contribution in [0.2, 0.25) is 0 Å². The highest BCUT2D eigenvalue weighted by Crippen LogP contribution is 2.24. The summed E-state index contributed by atoms with van der Waals surface area (Å²) in [6, 6.07) is 0. The van der Waals surface area contributed by atoms with Crippen molar-refractivity contribution in [1.29, 1.82) is 0 Å². The molecule has 0 heterocycles. The van der Waals surface area contributed by atoms with E-state index in [1.165, 1.54) is 0 Å². The van der Waals surface area contributed by atoms with Gasteiger partial charge in [0.1, 0.15) is 4.83 Å². The number of ether oxygens (including phenoxy) is 1. The smallest absolute Gasteiger partial charge is 0.319 e. The summed E-state index contributed by atoms with van der Waals surface area (Å²) in [6.45, 7) is 8.77. The standard InChI is InChI=1S/C10H19BrO2/c1-5-13-9(12)8(11)6-7-10(2,3)4/h8H,5-7H2,1-4H3. The van der Waals surface area contributed by atoms with Crippen LogP contribution in [0.15, 0.2) is 0 Å². The molecule has 0 N–H and O–H groups in total. The van der Waals surface area contributed by atoms with Gasteiger partial charge in [-0.15, -0.1) is 0 Å². The fourth-order valence-electron chi connectivity index (χ4n) is 0.910. The number of carbonyl (C=O) groups is 1. The number of hydrogen-bond acceptors (Lipinski definition) is 2. The summed E-state index contributed by atoms with van der Waals surface area (Å²) >= 11 is 3.32. The lowest BCUT2D eigenvalue weighted by Crippen LogP contribution is -2.19. The van der Waals surface area contributed by atoms with Crippen molar-refractivity contribution in [3.8, 4) is 0 Å². The van der Waals surface area contributed by atoms with Crippen molar-refractivity contribution in [2.45, 2.75) is 45.4 Å². The molecule has 0 aromatic heterocycles. The lowest BCUT2D eigenvalue weighted by Gasteiger charge is -2.19. The summed E-state index contributed by atoms with van der Waals surface area (Å²) in [5.74, 6) is -0.147. The minimum absolute atomic E-state index is 0.147. The van der Waals surface area contributed by atoms with Crippen LogP contribution in [0.1, 0.15) is 40.5 Å². The molecule has 0 fully saturated rings. The summed E-state index contributed by atoms with van der Waals surface area (Å²) in [7, 11) is 0. The zero-order valence-corrected chi connectivity index (χ0v) is 10.5. The van der Waals surface area contributed by atoms with Gasteiger partial charge in [-0.1, -0.05) is 36.7 Å². The molecule has 0 aliphatic carbocycles. The molecule has 0 aromatic carbocycles. The topological polar surface area (TPSA) is 26.3 Å². The van der Waals surface area contributed by atoms with E-state index in [0.717, 1.165) is 12.8 Å². The van der Waals surface area contributed by atoms with Gasteiger partial charge in [-0.05, 0) is 25.2 Å². The average Bonchev–Trinajstić information content (AvgIpc) is 1.99. The second-order valence-corrected chi connectivity index (χ2v) is 5.42. The monoisotopic (exact) mass is 250 g/mol. The van der Waals surface area contributed by atoms with Gasteiger partial charge in [-0.3, -0.25) is 4.79 Å². The predicted molar refractivity (Wildman–Crippen MR) is 58.0 cm³/mol. The summed E-state index contributed by atoms with van der Waals surface area (Å²) in [5, 5.41) is 0. The average molecular weight is 251 g/mol. The Hall–Kier alpha value is -0.0500. The molecular formula is C10H19BrO2. The minimum Gasteiger partial charge on any atom is -0.465 e. The van der Waals surface area contributed by atoms with Crippen LogP contribution in [-0.4, -0.2) is 17.4 Å². The Balaban J connectivity index is 3.74. The molecule has 0 aliphatic heterocycles. The van der Waals surface area contributed by atoms with Gasteiger partial charge in [-0.2, -0.15) is 0 Å². The van der Waals surface area contributed by atoms with Crippen LogP contribution in [0, 0.1) is 5.41 Å². The van der Waals surface area contributed by atoms with E-state index in [0.29, 0.717) is 6.61 Å². The van der Waals surface area contributed by atoms with Crippen molar-refractivity contribution in [1.82, 2.24) is 0 Å². The molecule has 78 valence electrons. The Morgan fingerprint density at radius 3 is 2.38 bits per heavy atom. The number of rotatable bonds is 4. The van der Waals surface area contributed by atoms with Crippen molar-refractivity contribution in [2.75, 3.05) is 6.61 Å². The molecule has 0 amide bonds. The van der Waals surface area contributed by atoms with Crippen molar-refractivity contribution >= 4 is 21.9 Å². The van der Waals surface area contributed by atoms with E-state index in [2.05, 4.69) is 36.7 Å². The Kier molecular flexibility index (Phi) is 5.61. The van der Waals surface area contributed by atoms with Crippen molar-refractivity contribution in [2.24, 2.45) is 5.41 Å². The number of esters is 1. The maximum atomic E-state index is 11.2. The molecule has 0 saturated heterocycles. The van der Waals surface area contributed by atoms with Gasteiger partial charge >= 0.3 is 5.97 Å². The highest BCUT2D eigenvalue weighted by Gasteiger charge is 2.19. The molecule has 1 unspecified atom stereocenters. The van der Waals surface area contributed by atoms with E-state index < -0.39 is 0 Å². The Bertz CT molecular complexity index is 161. The van der Waals surface area contributed by atoms with Gasteiger partial charge in [-0.25, -0.2) is 0 Å². The van der Waals surface area contributed by atoms with E-state index >= 15 is 0 Å².